The van der Waals surface area contributed by atoms with Gasteiger partial charge in [-0.1, -0.05) is 12.1 Å². The summed E-state index contributed by atoms with van der Waals surface area (Å²) in [5.41, 5.74) is 2.30. The van der Waals surface area contributed by atoms with E-state index in [0.29, 0.717) is 22.4 Å². The van der Waals surface area contributed by atoms with Crippen molar-refractivity contribution in [3.05, 3.63) is 58.7 Å². The maximum Gasteiger partial charge on any atom is 0.255 e. The Morgan fingerprint density at radius 1 is 1.00 bits per heavy atom. The second-order valence-electron chi connectivity index (χ2n) is 5.53. The normalized spacial score (nSPS) is 11.0. The van der Waals surface area contributed by atoms with Crippen LogP contribution >= 0.6 is 0 Å². The van der Waals surface area contributed by atoms with Crippen LogP contribution in [0.5, 0.6) is 0 Å². The summed E-state index contributed by atoms with van der Waals surface area (Å²) in [7, 11) is -2.39. The van der Waals surface area contributed by atoms with Crippen molar-refractivity contribution in [3.8, 4) is 0 Å². The third kappa shape index (κ3) is 4.04. The zero-order valence-electron chi connectivity index (χ0n) is 14.1. The number of aryl methyl sites for hydroxylation is 1. The Balaban J connectivity index is 2.40. The Labute approximate surface area is 146 Å². The molecular weight excluding hydrogens is 342 g/mol. The van der Waals surface area contributed by atoms with Crippen molar-refractivity contribution >= 4 is 27.5 Å². The van der Waals surface area contributed by atoms with E-state index < -0.39 is 15.9 Å². The molecule has 2 aromatic carbocycles. The van der Waals surface area contributed by atoms with Crippen LogP contribution in [-0.4, -0.2) is 27.3 Å². The number of hydrogen-bond acceptors (Lipinski definition) is 4. The molecule has 2 aromatic rings. The lowest BCUT2D eigenvalue weighted by Gasteiger charge is -2.13. The monoisotopic (exact) mass is 361 g/mol. The number of nitrogens with two attached hydrogens (primary N) is 1. The Kier molecular flexibility index (Phi) is 5.24. The van der Waals surface area contributed by atoms with Gasteiger partial charge in [-0.25, -0.2) is 13.6 Å². The molecule has 0 aliphatic carbocycles. The van der Waals surface area contributed by atoms with Gasteiger partial charge >= 0.3 is 0 Å². The molecule has 0 bridgehead atoms. The maximum atomic E-state index is 12.6. The summed E-state index contributed by atoms with van der Waals surface area (Å²) in [6.45, 7) is 3.41. The maximum absolute atomic E-state index is 12.6. The van der Waals surface area contributed by atoms with Crippen molar-refractivity contribution in [2.24, 2.45) is 5.14 Å². The molecule has 0 heterocycles. The van der Waals surface area contributed by atoms with E-state index in [2.05, 4.69) is 10.6 Å². The molecule has 0 aromatic heterocycles. The number of anilines is 1. The standard InChI is InChI=1S/C17H19N3O4S/c1-10-7-8-12(25(18,23)24)9-14(10)17(22)20-15-6-4-5-13(11(15)2)16(21)19-3/h4-9H,1-3H3,(H,19,21)(H,20,22)(H2,18,23,24). The van der Waals surface area contributed by atoms with E-state index in [1.54, 1.807) is 32.0 Å². The topological polar surface area (TPSA) is 118 Å². The minimum absolute atomic E-state index is 0.140. The van der Waals surface area contributed by atoms with Crippen LogP contribution in [0.3, 0.4) is 0 Å². The lowest BCUT2D eigenvalue weighted by Crippen LogP contribution is -2.21. The van der Waals surface area contributed by atoms with E-state index in [0.717, 1.165) is 0 Å². The second kappa shape index (κ2) is 7.04. The number of sulfonamides is 1. The molecule has 0 aliphatic heterocycles. The molecule has 0 radical (unpaired) electrons. The van der Waals surface area contributed by atoms with Crippen LogP contribution in [0, 0.1) is 13.8 Å². The highest BCUT2D eigenvalue weighted by Crippen LogP contribution is 2.21. The molecule has 8 heteroatoms. The number of benzene rings is 2. The molecule has 2 rings (SSSR count). The molecule has 132 valence electrons. The average molecular weight is 361 g/mol. The van der Waals surface area contributed by atoms with E-state index in [4.69, 9.17) is 5.14 Å². The average Bonchev–Trinajstić information content (AvgIpc) is 2.55. The third-order valence-electron chi connectivity index (χ3n) is 3.84. The minimum Gasteiger partial charge on any atom is -0.355 e. The molecule has 0 spiro atoms. The highest BCUT2D eigenvalue weighted by atomic mass is 32.2. The Bertz CT molecular complexity index is 952. The first-order valence-corrected chi connectivity index (χ1v) is 8.96. The largest absolute Gasteiger partial charge is 0.355 e. The van der Waals surface area contributed by atoms with Crippen LogP contribution < -0.4 is 15.8 Å². The summed E-state index contributed by atoms with van der Waals surface area (Å²) in [5, 5.41) is 10.4. The van der Waals surface area contributed by atoms with E-state index in [1.165, 1.54) is 25.2 Å². The molecule has 0 aliphatic rings. The van der Waals surface area contributed by atoms with Gasteiger partial charge in [-0.3, -0.25) is 9.59 Å². The molecule has 0 saturated heterocycles. The van der Waals surface area contributed by atoms with Crippen LogP contribution in [0.15, 0.2) is 41.3 Å². The van der Waals surface area contributed by atoms with Crippen LogP contribution in [0.2, 0.25) is 0 Å². The highest BCUT2D eigenvalue weighted by molar-refractivity contribution is 7.89. The molecular formula is C17H19N3O4S. The Morgan fingerprint density at radius 2 is 1.68 bits per heavy atom. The zero-order valence-corrected chi connectivity index (χ0v) is 14.9. The molecule has 0 atom stereocenters. The van der Waals surface area contributed by atoms with Crippen molar-refractivity contribution in [1.29, 1.82) is 0 Å². The van der Waals surface area contributed by atoms with Gasteiger partial charge in [0.2, 0.25) is 10.0 Å². The Hall–Kier alpha value is -2.71. The van der Waals surface area contributed by atoms with E-state index in [1.807, 2.05) is 0 Å². The van der Waals surface area contributed by atoms with Gasteiger partial charge in [-0.15, -0.1) is 0 Å². The minimum atomic E-state index is -3.91. The zero-order chi connectivity index (χ0) is 18.8. The SMILES string of the molecule is CNC(=O)c1cccc(NC(=O)c2cc(S(N)(=O)=O)ccc2C)c1C. The fourth-order valence-electron chi connectivity index (χ4n) is 2.36. The summed E-state index contributed by atoms with van der Waals surface area (Å²) < 4.78 is 23.0. The third-order valence-corrected chi connectivity index (χ3v) is 4.75. The second-order valence-corrected chi connectivity index (χ2v) is 7.09. The predicted molar refractivity (Wildman–Crippen MR) is 95.1 cm³/mol. The first-order chi connectivity index (χ1) is 11.6. The summed E-state index contributed by atoms with van der Waals surface area (Å²) >= 11 is 0. The number of carbonyl (C=O) groups is 2. The number of nitrogens with one attached hydrogen (secondary N) is 2. The predicted octanol–water partition coefficient (Wildman–Crippen LogP) is 1.56. The lowest BCUT2D eigenvalue weighted by molar-refractivity contribution is 0.0960. The molecule has 0 unspecified atom stereocenters. The molecule has 2 amide bonds. The fourth-order valence-corrected chi connectivity index (χ4v) is 2.90. The van der Waals surface area contributed by atoms with Crippen molar-refractivity contribution in [2.45, 2.75) is 18.7 Å². The molecule has 0 fully saturated rings. The summed E-state index contributed by atoms with van der Waals surface area (Å²) in [6.07, 6.45) is 0. The van der Waals surface area contributed by atoms with Crippen molar-refractivity contribution in [1.82, 2.24) is 5.32 Å². The number of hydrogen-bond donors (Lipinski definition) is 3. The smallest absolute Gasteiger partial charge is 0.255 e. The van der Waals surface area contributed by atoms with E-state index >= 15 is 0 Å². The summed E-state index contributed by atoms with van der Waals surface area (Å²) in [4.78, 5) is 24.3. The molecule has 7 nitrogen and oxygen atoms in total. The van der Waals surface area contributed by atoms with E-state index in [-0.39, 0.29) is 16.4 Å². The van der Waals surface area contributed by atoms with Crippen molar-refractivity contribution in [2.75, 3.05) is 12.4 Å². The molecule has 0 saturated carbocycles. The Morgan fingerprint density at radius 3 is 2.28 bits per heavy atom. The van der Waals surface area contributed by atoms with Gasteiger partial charge in [0.05, 0.1) is 4.90 Å². The van der Waals surface area contributed by atoms with Gasteiger partial charge < -0.3 is 10.6 Å². The van der Waals surface area contributed by atoms with Crippen LogP contribution in [-0.2, 0) is 10.0 Å². The number of primary sulfonamides is 1. The fraction of sp³-hybridized carbons (Fsp3) is 0.176. The number of carbonyl (C=O) groups excluding carboxylic acids is 2. The van der Waals surface area contributed by atoms with Gasteiger partial charge in [-0.05, 0) is 49.2 Å². The van der Waals surface area contributed by atoms with Crippen molar-refractivity contribution < 1.29 is 18.0 Å². The van der Waals surface area contributed by atoms with Crippen LogP contribution in [0.4, 0.5) is 5.69 Å². The summed E-state index contributed by atoms with van der Waals surface area (Å²) in [6, 6.07) is 9.06. The van der Waals surface area contributed by atoms with Gasteiger partial charge in [0.25, 0.3) is 11.8 Å². The number of rotatable bonds is 4. The van der Waals surface area contributed by atoms with Gasteiger partial charge in [0.15, 0.2) is 0 Å². The first-order valence-electron chi connectivity index (χ1n) is 7.41. The quantitative estimate of drug-likeness (QED) is 0.766. The van der Waals surface area contributed by atoms with Gasteiger partial charge in [0.1, 0.15) is 0 Å². The first kappa shape index (κ1) is 18.6. The molecule has 4 N–H and O–H groups in total. The van der Waals surface area contributed by atoms with Gasteiger partial charge in [0, 0.05) is 23.9 Å². The number of amides is 2. The van der Waals surface area contributed by atoms with Crippen molar-refractivity contribution in [3.63, 3.8) is 0 Å². The summed E-state index contributed by atoms with van der Waals surface area (Å²) in [5.74, 6) is -0.749. The van der Waals surface area contributed by atoms with E-state index in [9.17, 15) is 18.0 Å². The molecule has 25 heavy (non-hydrogen) atoms. The lowest BCUT2D eigenvalue weighted by atomic mass is 10.0. The van der Waals surface area contributed by atoms with Gasteiger partial charge in [-0.2, -0.15) is 0 Å². The van der Waals surface area contributed by atoms with Crippen LogP contribution in [0.1, 0.15) is 31.8 Å². The highest BCUT2D eigenvalue weighted by Gasteiger charge is 2.17. The van der Waals surface area contributed by atoms with Crippen LogP contribution in [0.25, 0.3) is 0 Å².